The van der Waals surface area contributed by atoms with Gasteiger partial charge in [0, 0.05) is 12.6 Å². The standard InChI is InChI=1S/C12H23NO2/c14-8-10-4-1-3-9(10)7-13-11-5-2-6-12(11)15/h9-15H,1-8H2/t9?,10?,11-,12-/m0/s1. The van der Waals surface area contributed by atoms with Gasteiger partial charge in [-0.3, -0.25) is 0 Å². The zero-order valence-electron chi connectivity index (χ0n) is 9.36. The Balaban J connectivity index is 1.72. The normalized spacial score (nSPS) is 41.2. The summed E-state index contributed by atoms with van der Waals surface area (Å²) in [6.45, 7) is 1.31. The van der Waals surface area contributed by atoms with E-state index in [9.17, 15) is 10.2 Å². The molecule has 0 spiro atoms. The van der Waals surface area contributed by atoms with Crippen LogP contribution in [-0.2, 0) is 0 Å². The molecule has 0 aliphatic heterocycles. The van der Waals surface area contributed by atoms with Crippen LogP contribution >= 0.6 is 0 Å². The summed E-state index contributed by atoms with van der Waals surface area (Å²) in [6, 6.07) is 0.310. The molecule has 4 atom stereocenters. The van der Waals surface area contributed by atoms with Crippen LogP contribution in [0.2, 0.25) is 0 Å². The van der Waals surface area contributed by atoms with Crippen molar-refractivity contribution in [3.8, 4) is 0 Å². The lowest BCUT2D eigenvalue weighted by molar-refractivity contribution is 0.140. The number of rotatable bonds is 4. The average molecular weight is 213 g/mol. The third-order valence-corrected chi connectivity index (χ3v) is 4.17. The third kappa shape index (κ3) is 2.71. The Morgan fingerprint density at radius 3 is 2.40 bits per heavy atom. The summed E-state index contributed by atoms with van der Waals surface area (Å²) in [5.41, 5.74) is 0. The van der Waals surface area contributed by atoms with E-state index in [2.05, 4.69) is 5.32 Å². The van der Waals surface area contributed by atoms with Gasteiger partial charge in [0.2, 0.25) is 0 Å². The van der Waals surface area contributed by atoms with Crippen molar-refractivity contribution in [3.05, 3.63) is 0 Å². The van der Waals surface area contributed by atoms with Gasteiger partial charge in [-0.2, -0.15) is 0 Å². The predicted molar refractivity (Wildman–Crippen MR) is 59.6 cm³/mol. The molecular formula is C12H23NO2. The van der Waals surface area contributed by atoms with Crippen LogP contribution in [-0.4, -0.2) is 35.5 Å². The van der Waals surface area contributed by atoms with Crippen molar-refractivity contribution in [2.75, 3.05) is 13.2 Å². The highest BCUT2D eigenvalue weighted by Crippen LogP contribution is 2.31. The summed E-state index contributed by atoms with van der Waals surface area (Å²) in [4.78, 5) is 0. The van der Waals surface area contributed by atoms with Gasteiger partial charge in [-0.1, -0.05) is 6.42 Å². The maximum absolute atomic E-state index is 9.67. The van der Waals surface area contributed by atoms with Crippen LogP contribution in [0.25, 0.3) is 0 Å². The van der Waals surface area contributed by atoms with Crippen LogP contribution in [0.15, 0.2) is 0 Å². The van der Waals surface area contributed by atoms with Gasteiger partial charge in [-0.15, -0.1) is 0 Å². The number of aliphatic hydroxyl groups is 2. The summed E-state index contributed by atoms with van der Waals surface area (Å²) < 4.78 is 0. The zero-order valence-corrected chi connectivity index (χ0v) is 9.36. The molecule has 0 bridgehead atoms. The van der Waals surface area contributed by atoms with Crippen LogP contribution in [0.1, 0.15) is 38.5 Å². The highest BCUT2D eigenvalue weighted by molar-refractivity contribution is 4.85. The third-order valence-electron chi connectivity index (χ3n) is 4.17. The Labute approximate surface area is 91.9 Å². The fourth-order valence-corrected chi connectivity index (χ4v) is 3.10. The largest absolute Gasteiger partial charge is 0.396 e. The monoisotopic (exact) mass is 213 g/mol. The highest BCUT2D eigenvalue weighted by atomic mass is 16.3. The molecular weight excluding hydrogens is 190 g/mol. The second-order valence-corrected chi connectivity index (χ2v) is 5.15. The minimum absolute atomic E-state index is 0.140. The van der Waals surface area contributed by atoms with Gasteiger partial charge in [0.1, 0.15) is 0 Å². The zero-order chi connectivity index (χ0) is 10.7. The Bertz CT molecular complexity index is 198. The van der Waals surface area contributed by atoms with Gasteiger partial charge in [-0.05, 0) is 50.5 Å². The summed E-state index contributed by atoms with van der Waals surface area (Å²) >= 11 is 0. The second-order valence-electron chi connectivity index (χ2n) is 5.15. The molecule has 2 saturated carbocycles. The topological polar surface area (TPSA) is 52.5 Å². The molecule has 2 unspecified atom stereocenters. The van der Waals surface area contributed by atoms with Gasteiger partial charge < -0.3 is 15.5 Å². The van der Waals surface area contributed by atoms with Crippen LogP contribution < -0.4 is 5.32 Å². The van der Waals surface area contributed by atoms with E-state index in [-0.39, 0.29) is 6.10 Å². The van der Waals surface area contributed by atoms with Gasteiger partial charge in [0.15, 0.2) is 0 Å². The van der Waals surface area contributed by atoms with Crippen molar-refractivity contribution in [1.29, 1.82) is 0 Å². The predicted octanol–water partition coefficient (Wildman–Crippen LogP) is 0.898. The molecule has 2 fully saturated rings. The van der Waals surface area contributed by atoms with Crippen molar-refractivity contribution in [3.63, 3.8) is 0 Å². The maximum atomic E-state index is 9.67. The molecule has 2 aliphatic rings. The molecule has 88 valence electrons. The van der Waals surface area contributed by atoms with Gasteiger partial charge in [0.25, 0.3) is 0 Å². The Kier molecular flexibility index (Phi) is 4.00. The van der Waals surface area contributed by atoms with Gasteiger partial charge in [0.05, 0.1) is 6.10 Å². The lowest BCUT2D eigenvalue weighted by Crippen LogP contribution is -2.39. The minimum Gasteiger partial charge on any atom is -0.396 e. The summed E-state index contributed by atoms with van der Waals surface area (Å²) in [6.07, 6.45) is 6.73. The quantitative estimate of drug-likeness (QED) is 0.650. The molecule has 0 aromatic heterocycles. The van der Waals surface area contributed by atoms with Crippen molar-refractivity contribution in [2.45, 2.75) is 50.7 Å². The fourth-order valence-electron chi connectivity index (χ4n) is 3.10. The van der Waals surface area contributed by atoms with E-state index in [1.54, 1.807) is 0 Å². The first kappa shape index (κ1) is 11.4. The number of hydrogen-bond donors (Lipinski definition) is 3. The fraction of sp³-hybridized carbons (Fsp3) is 1.00. The van der Waals surface area contributed by atoms with E-state index in [1.807, 2.05) is 0 Å². The van der Waals surface area contributed by atoms with E-state index in [0.29, 0.717) is 24.5 Å². The van der Waals surface area contributed by atoms with E-state index < -0.39 is 0 Å². The van der Waals surface area contributed by atoms with Gasteiger partial charge >= 0.3 is 0 Å². The van der Waals surface area contributed by atoms with Crippen molar-refractivity contribution >= 4 is 0 Å². The number of aliphatic hydroxyl groups excluding tert-OH is 2. The highest BCUT2D eigenvalue weighted by Gasteiger charge is 2.29. The van der Waals surface area contributed by atoms with E-state index in [4.69, 9.17) is 0 Å². The summed E-state index contributed by atoms with van der Waals surface area (Å²) in [7, 11) is 0. The maximum Gasteiger partial charge on any atom is 0.0693 e. The molecule has 0 aromatic rings. The average Bonchev–Trinajstić information content (AvgIpc) is 2.83. The lowest BCUT2D eigenvalue weighted by Gasteiger charge is -2.22. The first-order chi connectivity index (χ1) is 7.31. The molecule has 2 rings (SSSR count). The number of nitrogens with one attached hydrogen (secondary N) is 1. The molecule has 3 nitrogen and oxygen atoms in total. The lowest BCUT2D eigenvalue weighted by atomic mass is 9.96. The molecule has 0 amide bonds. The Morgan fingerprint density at radius 2 is 1.73 bits per heavy atom. The molecule has 0 radical (unpaired) electrons. The van der Waals surface area contributed by atoms with Crippen LogP contribution in [0.3, 0.4) is 0 Å². The van der Waals surface area contributed by atoms with Crippen molar-refractivity contribution in [2.24, 2.45) is 11.8 Å². The van der Waals surface area contributed by atoms with E-state index >= 15 is 0 Å². The molecule has 0 aromatic carbocycles. The molecule has 2 aliphatic carbocycles. The Morgan fingerprint density at radius 1 is 1.00 bits per heavy atom. The number of hydrogen-bond acceptors (Lipinski definition) is 3. The summed E-state index contributed by atoms with van der Waals surface area (Å²) in [5, 5.41) is 22.4. The van der Waals surface area contributed by atoms with Crippen LogP contribution in [0.4, 0.5) is 0 Å². The minimum atomic E-state index is -0.140. The SMILES string of the molecule is OCC1CCCC1CN[C@H]1CCC[C@@H]1O. The molecule has 3 heteroatoms. The molecule has 0 heterocycles. The van der Waals surface area contributed by atoms with E-state index in [1.165, 1.54) is 19.3 Å². The first-order valence-electron chi connectivity index (χ1n) is 6.33. The van der Waals surface area contributed by atoms with Crippen LogP contribution in [0, 0.1) is 11.8 Å². The summed E-state index contributed by atoms with van der Waals surface area (Å²) in [5.74, 6) is 1.12. The van der Waals surface area contributed by atoms with Gasteiger partial charge in [-0.25, -0.2) is 0 Å². The van der Waals surface area contributed by atoms with E-state index in [0.717, 1.165) is 25.8 Å². The van der Waals surface area contributed by atoms with Crippen LogP contribution in [0.5, 0.6) is 0 Å². The van der Waals surface area contributed by atoms with Crippen molar-refractivity contribution in [1.82, 2.24) is 5.32 Å². The molecule has 15 heavy (non-hydrogen) atoms. The smallest absolute Gasteiger partial charge is 0.0693 e. The molecule has 3 N–H and O–H groups in total. The first-order valence-corrected chi connectivity index (χ1v) is 6.33. The molecule has 0 saturated heterocycles. The van der Waals surface area contributed by atoms with Crippen molar-refractivity contribution < 1.29 is 10.2 Å². The Hall–Kier alpha value is -0.120. The second kappa shape index (κ2) is 5.28.